The molecule has 2 aliphatic heterocycles. The van der Waals surface area contributed by atoms with E-state index in [1.807, 2.05) is 36.5 Å². The summed E-state index contributed by atoms with van der Waals surface area (Å²) in [4.78, 5) is 15.7. The number of nitrogens with one attached hydrogen (secondary N) is 1. The molecule has 9 nitrogen and oxygen atoms in total. The van der Waals surface area contributed by atoms with Crippen molar-refractivity contribution in [1.82, 2.24) is 15.0 Å². The van der Waals surface area contributed by atoms with Gasteiger partial charge in [0.05, 0.1) is 49.6 Å². The van der Waals surface area contributed by atoms with Gasteiger partial charge in [0.1, 0.15) is 23.7 Å². The van der Waals surface area contributed by atoms with Crippen LogP contribution in [-0.4, -0.2) is 60.6 Å². The van der Waals surface area contributed by atoms with Crippen molar-refractivity contribution in [2.24, 2.45) is 0 Å². The van der Waals surface area contributed by atoms with E-state index in [1.165, 1.54) is 0 Å². The van der Waals surface area contributed by atoms with Crippen molar-refractivity contribution in [3.8, 4) is 23.1 Å². The van der Waals surface area contributed by atoms with Gasteiger partial charge < -0.3 is 24.4 Å². The molecule has 2 fully saturated rings. The Morgan fingerprint density at radius 2 is 1.82 bits per heavy atom. The molecule has 0 saturated carbocycles. The quantitative estimate of drug-likeness (QED) is 0.593. The lowest BCUT2D eigenvalue weighted by Crippen LogP contribution is -2.36. The van der Waals surface area contributed by atoms with Crippen LogP contribution < -0.4 is 15.0 Å². The van der Waals surface area contributed by atoms with Crippen molar-refractivity contribution >= 4 is 17.5 Å². The van der Waals surface area contributed by atoms with E-state index in [0.29, 0.717) is 42.0 Å². The van der Waals surface area contributed by atoms with Gasteiger partial charge in [-0.1, -0.05) is 0 Å². The van der Waals surface area contributed by atoms with Crippen LogP contribution in [0.2, 0.25) is 0 Å². The van der Waals surface area contributed by atoms with Crippen LogP contribution in [0.15, 0.2) is 48.8 Å². The molecule has 4 heterocycles. The van der Waals surface area contributed by atoms with E-state index in [9.17, 15) is 5.26 Å². The van der Waals surface area contributed by atoms with Crippen LogP contribution >= 0.6 is 0 Å². The van der Waals surface area contributed by atoms with E-state index in [1.54, 1.807) is 12.3 Å². The maximum atomic E-state index is 9.67. The number of nitriles is 1. The Hall–Kier alpha value is -3.74. The van der Waals surface area contributed by atoms with Gasteiger partial charge in [-0.2, -0.15) is 5.26 Å². The topological polar surface area (TPSA) is 105 Å². The lowest BCUT2D eigenvalue weighted by Gasteiger charge is -2.28. The predicted octanol–water partition coefficient (Wildman–Crippen LogP) is 3.55. The Bertz CT molecular complexity index is 1150. The number of rotatable bonds is 6. The number of pyridine rings is 1. The van der Waals surface area contributed by atoms with Crippen LogP contribution in [0.25, 0.3) is 11.3 Å². The number of aromatic nitrogens is 3. The van der Waals surface area contributed by atoms with E-state index >= 15 is 0 Å². The van der Waals surface area contributed by atoms with Crippen LogP contribution in [0.3, 0.4) is 0 Å². The zero-order valence-electron chi connectivity index (χ0n) is 18.8. The van der Waals surface area contributed by atoms with Crippen molar-refractivity contribution in [1.29, 1.82) is 5.26 Å². The van der Waals surface area contributed by atoms with Gasteiger partial charge in [0.2, 0.25) is 5.95 Å². The first-order valence-corrected chi connectivity index (χ1v) is 11.5. The summed E-state index contributed by atoms with van der Waals surface area (Å²) in [6.45, 7) is 4.57. The molecule has 174 valence electrons. The van der Waals surface area contributed by atoms with E-state index in [-0.39, 0.29) is 6.10 Å². The Balaban J connectivity index is 1.29. The molecular weight excluding hydrogens is 432 g/mol. The molecule has 5 rings (SSSR count). The van der Waals surface area contributed by atoms with Gasteiger partial charge in [0, 0.05) is 37.7 Å². The number of anilines is 3. The van der Waals surface area contributed by atoms with Gasteiger partial charge in [0.15, 0.2) is 0 Å². The molecule has 0 unspecified atom stereocenters. The average molecular weight is 459 g/mol. The second kappa shape index (κ2) is 10.5. The van der Waals surface area contributed by atoms with Crippen molar-refractivity contribution in [3.63, 3.8) is 0 Å². The summed E-state index contributed by atoms with van der Waals surface area (Å²) in [5.74, 6) is 1.69. The average Bonchev–Trinajstić information content (AvgIpc) is 2.91. The molecule has 0 amide bonds. The van der Waals surface area contributed by atoms with Crippen molar-refractivity contribution in [2.75, 3.05) is 49.7 Å². The second-order valence-electron chi connectivity index (χ2n) is 8.14. The zero-order chi connectivity index (χ0) is 23.2. The highest BCUT2D eigenvalue weighted by Crippen LogP contribution is 2.28. The fourth-order valence-corrected chi connectivity index (χ4v) is 4.02. The smallest absolute Gasteiger partial charge is 0.228 e. The number of hydrogen-bond donors (Lipinski definition) is 1. The van der Waals surface area contributed by atoms with Crippen LogP contribution in [0.4, 0.5) is 17.5 Å². The summed E-state index contributed by atoms with van der Waals surface area (Å²) >= 11 is 0. The SMILES string of the molecule is N#Cc1cc(-c2ccnc(Nc3ccc(N4CCOCC4)cn3)n2)ccc1OC1CCOCC1. The van der Waals surface area contributed by atoms with E-state index < -0.39 is 0 Å². The first-order chi connectivity index (χ1) is 16.8. The standard InChI is InChI=1S/C25H26N6O3/c26-16-19-15-18(1-3-23(19)34-21-6-11-32-12-7-21)22-5-8-27-25(29-22)30-24-4-2-20(17-28-24)31-9-13-33-14-10-31/h1-5,8,15,17,21H,6-7,9-14H2,(H,27,28,29,30). The third-order valence-electron chi connectivity index (χ3n) is 5.88. The van der Waals surface area contributed by atoms with Crippen molar-refractivity contribution in [3.05, 3.63) is 54.4 Å². The molecule has 2 aromatic heterocycles. The molecule has 34 heavy (non-hydrogen) atoms. The molecule has 1 aromatic carbocycles. The minimum Gasteiger partial charge on any atom is -0.489 e. The highest BCUT2D eigenvalue weighted by atomic mass is 16.5. The Labute approximate surface area is 198 Å². The molecule has 2 saturated heterocycles. The first kappa shape index (κ1) is 22.1. The molecule has 3 aromatic rings. The summed E-state index contributed by atoms with van der Waals surface area (Å²) in [7, 11) is 0. The molecular formula is C25H26N6O3. The second-order valence-corrected chi connectivity index (χ2v) is 8.14. The van der Waals surface area contributed by atoms with Crippen LogP contribution in [0.5, 0.6) is 5.75 Å². The molecule has 9 heteroatoms. The Morgan fingerprint density at radius 3 is 2.59 bits per heavy atom. The van der Waals surface area contributed by atoms with Gasteiger partial charge in [-0.3, -0.25) is 0 Å². The number of benzene rings is 1. The van der Waals surface area contributed by atoms with Crippen molar-refractivity contribution < 1.29 is 14.2 Å². The molecule has 2 aliphatic rings. The van der Waals surface area contributed by atoms with Crippen LogP contribution in [0, 0.1) is 11.3 Å². The zero-order valence-corrected chi connectivity index (χ0v) is 18.8. The third kappa shape index (κ3) is 5.25. The highest BCUT2D eigenvalue weighted by Gasteiger charge is 2.18. The number of hydrogen-bond acceptors (Lipinski definition) is 9. The summed E-state index contributed by atoms with van der Waals surface area (Å²) in [6, 6.07) is 13.6. The molecule has 1 N–H and O–H groups in total. The minimum absolute atomic E-state index is 0.0729. The van der Waals surface area contributed by atoms with Crippen LogP contribution in [-0.2, 0) is 9.47 Å². The lowest BCUT2D eigenvalue weighted by molar-refractivity contribution is 0.0254. The third-order valence-corrected chi connectivity index (χ3v) is 5.88. The molecule has 0 bridgehead atoms. The summed E-state index contributed by atoms with van der Waals surface area (Å²) in [6.07, 6.45) is 5.26. The van der Waals surface area contributed by atoms with Gasteiger partial charge in [-0.15, -0.1) is 0 Å². The fraction of sp³-hybridized carbons (Fsp3) is 0.360. The maximum Gasteiger partial charge on any atom is 0.228 e. The number of nitrogens with zero attached hydrogens (tertiary/aromatic N) is 5. The lowest BCUT2D eigenvalue weighted by atomic mass is 10.1. The Morgan fingerprint density at radius 1 is 1.00 bits per heavy atom. The summed E-state index contributed by atoms with van der Waals surface area (Å²) in [5.41, 5.74) is 3.07. The first-order valence-electron chi connectivity index (χ1n) is 11.5. The van der Waals surface area contributed by atoms with E-state index in [0.717, 1.165) is 50.4 Å². The molecule has 0 radical (unpaired) electrons. The largest absolute Gasteiger partial charge is 0.489 e. The number of ether oxygens (including phenoxy) is 3. The van der Waals surface area contributed by atoms with E-state index in [4.69, 9.17) is 14.2 Å². The molecule has 0 spiro atoms. The Kier molecular flexibility index (Phi) is 6.79. The normalized spacial score (nSPS) is 16.6. The van der Waals surface area contributed by atoms with Crippen LogP contribution in [0.1, 0.15) is 18.4 Å². The van der Waals surface area contributed by atoms with Crippen molar-refractivity contribution in [2.45, 2.75) is 18.9 Å². The van der Waals surface area contributed by atoms with Gasteiger partial charge in [-0.25, -0.2) is 15.0 Å². The van der Waals surface area contributed by atoms with Gasteiger partial charge in [-0.05, 0) is 36.4 Å². The fourth-order valence-electron chi connectivity index (χ4n) is 4.02. The number of morpholine rings is 1. The molecule has 0 aliphatic carbocycles. The monoisotopic (exact) mass is 458 g/mol. The van der Waals surface area contributed by atoms with Gasteiger partial charge in [0.25, 0.3) is 0 Å². The van der Waals surface area contributed by atoms with Gasteiger partial charge >= 0.3 is 0 Å². The molecule has 0 atom stereocenters. The van der Waals surface area contributed by atoms with E-state index in [2.05, 4.69) is 31.2 Å². The summed E-state index contributed by atoms with van der Waals surface area (Å²) in [5, 5.41) is 12.8. The maximum absolute atomic E-state index is 9.67. The predicted molar refractivity (Wildman–Crippen MR) is 127 cm³/mol. The summed E-state index contributed by atoms with van der Waals surface area (Å²) < 4.78 is 16.8. The minimum atomic E-state index is 0.0729. The highest BCUT2D eigenvalue weighted by molar-refractivity contribution is 5.65.